The molecule has 1 aliphatic carbocycles. The van der Waals surface area contributed by atoms with Gasteiger partial charge < -0.3 is 14.2 Å². The number of rotatable bonds is 4. The zero-order chi connectivity index (χ0) is 15.8. The van der Waals surface area contributed by atoms with E-state index in [4.69, 9.17) is 9.26 Å². The van der Waals surface area contributed by atoms with Crippen LogP contribution in [0.4, 0.5) is 0 Å². The second kappa shape index (κ2) is 6.43. The van der Waals surface area contributed by atoms with Crippen LogP contribution in [-0.2, 0) is 9.53 Å². The first-order valence-corrected chi connectivity index (χ1v) is 9.66. The number of methoxy groups -OCH3 is 1. The van der Waals surface area contributed by atoms with Crippen molar-refractivity contribution in [3.63, 3.8) is 0 Å². The van der Waals surface area contributed by atoms with Crippen molar-refractivity contribution in [3.8, 4) is 0 Å². The van der Waals surface area contributed by atoms with Crippen LogP contribution in [0.2, 0.25) is 0 Å². The Labute approximate surface area is 140 Å². The van der Waals surface area contributed by atoms with Gasteiger partial charge in [-0.1, -0.05) is 5.16 Å². The minimum Gasteiger partial charge on any atom is -0.380 e. The Morgan fingerprint density at radius 3 is 2.78 bits per heavy atom. The highest BCUT2D eigenvalue weighted by atomic mass is 32.2. The lowest BCUT2D eigenvalue weighted by Gasteiger charge is -2.28. The summed E-state index contributed by atoms with van der Waals surface area (Å²) in [6, 6.07) is -0.123. The summed E-state index contributed by atoms with van der Waals surface area (Å²) in [6.45, 7) is 0.630. The predicted octanol–water partition coefficient (Wildman–Crippen LogP) is 2.38. The van der Waals surface area contributed by atoms with Gasteiger partial charge in [0.25, 0.3) is 0 Å². The van der Waals surface area contributed by atoms with Gasteiger partial charge in [-0.25, -0.2) is 0 Å². The fourth-order valence-electron chi connectivity index (χ4n) is 3.51. The monoisotopic (exact) mass is 337 g/mol. The van der Waals surface area contributed by atoms with Gasteiger partial charge in [0.2, 0.25) is 11.8 Å². The van der Waals surface area contributed by atoms with Crippen LogP contribution in [0.1, 0.15) is 55.8 Å². The Balaban J connectivity index is 1.53. The molecule has 6 nitrogen and oxygen atoms in total. The molecule has 0 aromatic carbocycles. The molecule has 0 radical (unpaired) electrons. The average molecular weight is 337 g/mol. The van der Waals surface area contributed by atoms with E-state index in [1.807, 2.05) is 16.7 Å². The highest BCUT2D eigenvalue weighted by molar-refractivity contribution is 7.99. The van der Waals surface area contributed by atoms with Crippen molar-refractivity contribution in [2.45, 2.75) is 50.2 Å². The Hall–Kier alpha value is -1.08. The molecule has 126 valence electrons. The molecule has 7 heteroatoms. The van der Waals surface area contributed by atoms with Gasteiger partial charge in [-0.05, 0) is 37.2 Å². The number of ether oxygens (including phenoxy) is 1. The maximum absolute atomic E-state index is 13.0. The van der Waals surface area contributed by atoms with Gasteiger partial charge in [0.05, 0.1) is 6.10 Å². The summed E-state index contributed by atoms with van der Waals surface area (Å²) in [5.41, 5.74) is 0. The first kappa shape index (κ1) is 15.4. The molecule has 3 heterocycles. The number of thioether (sulfide) groups is 1. The maximum atomic E-state index is 13.0. The lowest BCUT2D eigenvalue weighted by atomic mass is 10.0. The Kier molecular flexibility index (Phi) is 4.32. The van der Waals surface area contributed by atoms with Crippen molar-refractivity contribution in [3.05, 3.63) is 11.7 Å². The highest BCUT2D eigenvalue weighted by Gasteiger charge is 2.42. The number of hydrogen-bond donors (Lipinski definition) is 0. The van der Waals surface area contributed by atoms with Gasteiger partial charge in [0, 0.05) is 31.9 Å². The largest absolute Gasteiger partial charge is 0.380 e. The molecule has 0 N–H and O–H groups in total. The van der Waals surface area contributed by atoms with Crippen molar-refractivity contribution in [2.24, 2.45) is 5.92 Å². The van der Waals surface area contributed by atoms with E-state index in [1.54, 1.807) is 7.11 Å². The van der Waals surface area contributed by atoms with Crippen LogP contribution in [0.5, 0.6) is 0 Å². The highest BCUT2D eigenvalue weighted by Crippen LogP contribution is 2.40. The van der Waals surface area contributed by atoms with E-state index in [-0.39, 0.29) is 24.0 Å². The summed E-state index contributed by atoms with van der Waals surface area (Å²) >= 11 is 1.94. The molecule has 3 aliphatic rings. The molecule has 2 aliphatic heterocycles. The molecule has 1 aromatic heterocycles. The number of likely N-dealkylation sites (tertiary alicyclic amines) is 1. The topological polar surface area (TPSA) is 68.5 Å². The number of nitrogens with zero attached hydrogens (tertiary/aromatic N) is 3. The van der Waals surface area contributed by atoms with Gasteiger partial charge in [0.15, 0.2) is 5.82 Å². The molecule has 23 heavy (non-hydrogen) atoms. The van der Waals surface area contributed by atoms with Gasteiger partial charge >= 0.3 is 0 Å². The third-order valence-corrected chi connectivity index (χ3v) is 6.18. The molecule has 2 saturated heterocycles. The quantitative estimate of drug-likeness (QED) is 0.840. The number of hydrogen-bond acceptors (Lipinski definition) is 6. The summed E-state index contributed by atoms with van der Waals surface area (Å²) in [6.07, 6.45) is 5.04. The lowest BCUT2D eigenvalue weighted by molar-refractivity contribution is -0.137. The number of carbonyl (C=O) groups is 1. The van der Waals surface area contributed by atoms with Crippen molar-refractivity contribution < 1.29 is 14.1 Å². The minimum absolute atomic E-state index is 0.0539. The van der Waals surface area contributed by atoms with Crippen LogP contribution in [0.25, 0.3) is 0 Å². The summed E-state index contributed by atoms with van der Waals surface area (Å²) < 4.78 is 11.0. The Morgan fingerprint density at radius 2 is 2.09 bits per heavy atom. The van der Waals surface area contributed by atoms with Crippen LogP contribution in [0.3, 0.4) is 0 Å². The number of aromatic nitrogens is 2. The number of amides is 1. The van der Waals surface area contributed by atoms with Crippen molar-refractivity contribution >= 4 is 17.7 Å². The van der Waals surface area contributed by atoms with E-state index in [0.29, 0.717) is 18.4 Å². The Morgan fingerprint density at radius 1 is 1.30 bits per heavy atom. The first-order valence-electron chi connectivity index (χ1n) is 8.50. The summed E-state index contributed by atoms with van der Waals surface area (Å²) in [5, 5.41) is 4.11. The fraction of sp³-hybridized carbons (Fsp3) is 0.812. The van der Waals surface area contributed by atoms with Crippen LogP contribution in [0.15, 0.2) is 4.52 Å². The molecular formula is C16H23N3O3S. The molecule has 3 fully saturated rings. The van der Waals surface area contributed by atoms with Gasteiger partial charge in [-0.3, -0.25) is 4.79 Å². The summed E-state index contributed by atoms with van der Waals surface area (Å²) in [4.78, 5) is 19.5. The second-order valence-electron chi connectivity index (χ2n) is 6.75. The van der Waals surface area contributed by atoms with Gasteiger partial charge in [-0.15, -0.1) is 0 Å². The van der Waals surface area contributed by atoms with E-state index in [2.05, 4.69) is 10.1 Å². The van der Waals surface area contributed by atoms with Crippen LogP contribution >= 0.6 is 11.8 Å². The second-order valence-corrected chi connectivity index (χ2v) is 7.98. The normalized spacial score (nSPS) is 29.2. The van der Waals surface area contributed by atoms with Gasteiger partial charge in [-0.2, -0.15) is 16.7 Å². The van der Waals surface area contributed by atoms with E-state index in [0.717, 1.165) is 49.4 Å². The SMILES string of the molecule is CO[C@H]1C[C@H](c2nc(C3CC3)no2)N(C(=O)C2CCSCC2)C1. The van der Waals surface area contributed by atoms with Crippen LogP contribution in [-0.4, -0.2) is 52.2 Å². The third kappa shape index (κ3) is 3.13. The zero-order valence-electron chi connectivity index (χ0n) is 13.4. The molecule has 1 amide bonds. The fourth-order valence-corrected chi connectivity index (χ4v) is 4.62. The number of carbonyl (C=O) groups excluding carboxylic acids is 1. The summed E-state index contributed by atoms with van der Waals surface area (Å²) in [7, 11) is 1.70. The van der Waals surface area contributed by atoms with Crippen molar-refractivity contribution in [1.29, 1.82) is 0 Å². The molecule has 0 unspecified atom stereocenters. The van der Waals surface area contributed by atoms with Crippen LogP contribution in [0, 0.1) is 5.92 Å². The molecule has 0 spiro atoms. The van der Waals surface area contributed by atoms with E-state index < -0.39 is 0 Å². The third-order valence-electron chi connectivity index (χ3n) is 5.13. The molecule has 1 saturated carbocycles. The van der Waals surface area contributed by atoms with E-state index >= 15 is 0 Å². The standard InChI is InChI=1S/C16H23N3O3S/c1-21-12-8-13(15-17-14(18-22-15)10-2-3-10)19(9-12)16(20)11-4-6-23-7-5-11/h10-13H,2-9H2,1H3/t12-,13+/m0/s1. The van der Waals surface area contributed by atoms with E-state index in [9.17, 15) is 4.79 Å². The first-order chi connectivity index (χ1) is 11.3. The molecular weight excluding hydrogens is 314 g/mol. The Bertz CT molecular complexity index is 569. The maximum Gasteiger partial charge on any atom is 0.249 e. The molecule has 1 aromatic rings. The average Bonchev–Trinajstić information content (AvgIpc) is 3.17. The molecule has 2 atom stereocenters. The smallest absolute Gasteiger partial charge is 0.249 e. The predicted molar refractivity (Wildman–Crippen MR) is 86.2 cm³/mol. The van der Waals surface area contributed by atoms with Crippen molar-refractivity contribution in [1.82, 2.24) is 15.0 Å². The molecule has 0 bridgehead atoms. The molecule has 4 rings (SSSR count). The lowest BCUT2D eigenvalue weighted by Crippen LogP contribution is -2.38. The summed E-state index contributed by atoms with van der Waals surface area (Å²) in [5.74, 6) is 4.39. The van der Waals surface area contributed by atoms with Crippen molar-refractivity contribution in [2.75, 3.05) is 25.2 Å². The van der Waals surface area contributed by atoms with Crippen LogP contribution < -0.4 is 0 Å². The zero-order valence-corrected chi connectivity index (χ0v) is 14.3. The van der Waals surface area contributed by atoms with Gasteiger partial charge in [0.1, 0.15) is 6.04 Å². The van der Waals surface area contributed by atoms with E-state index in [1.165, 1.54) is 0 Å². The minimum atomic E-state index is -0.123.